The van der Waals surface area contributed by atoms with Gasteiger partial charge in [0.2, 0.25) is 5.95 Å². The summed E-state index contributed by atoms with van der Waals surface area (Å²) in [6.45, 7) is 5.52. The topological polar surface area (TPSA) is 117 Å². The van der Waals surface area contributed by atoms with Crippen LogP contribution in [0.4, 0.5) is 19.7 Å². The molecule has 0 radical (unpaired) electrons. The van der Waals surface area contributed by atoms with Gasteiger partial charge >= 0.3 is 0 Å². The second-order valence-corrected chi connectivity index (χ2v) is 12.2. The molecule has 6 heterocycles. The van der Waals surface area contributed by atoms with Crippen molar-refractivity contribution in [3.63, 3.8) is 0 Å². The number of aromatic nitrogens is 3. The fraction of sp³-hybridized carbons (Fsp3) is 0.448. The molecule has 3 aliphatic heterocycles. The molecule has 4 aromatic rings. The molecule has 42 heavy (non-hydrogen) atoms. The Kier molecular flexibility index (Phi) is 6.91. The van der Waals surface area contributed by atoms with Crippen LogP contribution < -0.4 is 10.6 Å². The summed E-state index contributed by atoms with van der Waals surface area (Å²) >= 11 is 0.956. The Hall–Kier alpha value is -3.54. The minimum Gasteiger partial charge on any atom is -0.389 e. The number of benzene rings is 1. The first-order chi connectivity index (χ1) is 20.4. The van der Waals surface area contributed by atoms with E-state index in [4.69, 9.17) is 20.2 Å². The number of rotatable bonds is 5. The number of nitrogens with two attached hydrogens (primary N) is 1. The SMILES string of the molecule is COC[C@H]1CN([C@@H]2CCN(c3ncc4c5c(c(-c6ncc(F)c7sc(N)c(C#N)c67)c(F)c4n3)COC5)C2)CCN1C. The van der Waals surface area contributed by atoms with E-state index in [0.717, 1.165) is 62.2 Å². The van der Waals surface area contributed by atoms with Crippen LogP contribution in [0.15, 0.2) is 12.4 Å². The number of nitrogens with zero attached hydrogens (tertiary/aromatic N) is 7. The van der Waals surface area contributed by atoms with Crippen LogP contribution in [-0.4, -0.2) is 90.3 Å². The van der Waals surface area contributed by atoms with E-state index < -0.39 is 11.6 Å². The summed E-state index contributed by atoms with van der Waals surface area (Å²) in [5, 5.41) is 10.8. The third-order valence-corrected chi connectivity index (χ3v) is 9.89. The number of fused-ring (bicyclic) bond motifs is 4. The molecule has 0 saturated carbocycles. The predicted octanol–water partition coefficient (Wildman–Crippen LogP) is 3.51. The van der Waals surface area contributed by atoms with Crippen molar-refractivity contribution in [3.8, 4) is 17.3 Å². The van der Waals surface area contributed by atoms with E-state index in [2.05, 4.69) is 31.7 Å². The molecule has 218 valence electrons. The van der Waals surface area contributed by atoms with Crippen LogP contribution >= 0.6 is 11.3 Å². The van der Waals surface area contributed by atoms with Gasteiger partial charge in [-0.05, 0) is 24.6 Å². The molecule has 0 unspecified atom stereocenters. The molecule has 2 atom stereocenters. The minimum absolute atomic E-state index is 0.0901. The lowest BCUT2D eigenvalue weighted by molar-refractivity contribution is 0.0260. The molecular formula is C29H30F2N8O2S. The summed E-state index contributed by atoms with van der Waals surface area (Å²) in [6, 6.07) is 2.74. The van der Waals surface area contributed by atoms with Gasteiger partial charge in [0, 0.05) is 74.5 Å². The van der Waals surface area contributed by atoms with E-state index in [9.17, 15) is 9.65 Å². The summed E-state index contributed by atoms with van der Waals surface area (Å²) in [4.78, 5) is 20.7. The highest BCUT2D eigenvalue weighted by molar-refractivity contribution is 7.23. The maximum atomic E-state index is 16.6. The second-order valence-electron chi connectivity index (χ2n) is 11.2. The molecule has 7 rings (SSSR count). The van der Waals surface area contributed by atoms with E-state index >= 15 is 4.39 Å². The zero-order valence-electron chi connectivity index (χ0n) is 23.4. The van der Waals surface area contributed by atoms with Crippen molar-refractivity contribution in [2.75, 3.05) is 64.1 Å². The maximum absolute atomic E-state index is 16.6. The van der Waals surface area contributed by atoms with Gasteiger partial charge in [-0.1, -0.05) is 0 Å². The zero-order chi connectivity index (χ0) is 29.1. The highest BCUT2D eigenvalue weighted by Gasteiger charge is 2.35. The quantitative estimate of drug-likeness (QED) is 0.369. The van der Waals surface area contributed by atoms with Gasteiger partial charge in [0.1, 0.15) is 16.6 Å². The van der Waals surface area contributed by atoms with Crippen molar-refractivity contribution >= 4 is 43.3 Å². The van der Waals surface area contributed by atoms with Gasteiger partial charge in [0.15, 0.2) is 11.6 Å². The Balaban J connectivity index is 1.28. The minimum atomic E-state index is -0.608. The molecule has 0 spiro atoms. The summed E-state index contributed by atoms with van der Waals surface area (Å²) < 4.78 is 42.7. The Morgan fingerprint density at radius 2 is 2.00 bits per heavy atom. The number of nitrogen functional groups attached to an aromatic ring is 1. The Morgan fingerprint density at radius 3 is 2.81 bits per heavy atom. The monoisotopic (exact) mass is 592 g/mol. The van der Waals surface area contributed by atoms with Gasteiger partial charge in [-0.3, -0.25) is 14.8 Å². The number of halogens is 2. The molecule has 0 amide bonds. The number of thiophene rings is 1. The van der Waals surface area contributed by atoms with Crippen molar-refractivity contribution in [3.05, 3.63) is 40.7 Å². The van der Waals surface area contributed by atoms with Crippen molar-refractivity contribution in [1.29, 1.82) is 5.26 Å². The maximum Gasteiger partial charge on any atom is 0.226 e. The molecule has 13 heteroatoms. The number of ether oxygens (including phenoxy) is 2. The van der Waals surface area contributed by atoms with Crippen molar-refractivity contribution in [1.82, 2.24) is 24.8 Å². The van der Waals surface area contributed by atoms with Gasteiger partial charge in [-0.15, -0.1) is 11.3 Å². The molecule has 3 aliphatic rings. The molecule has 0 bridgehead atoms. The normalized spacial score (nSPS) is 21.5. The predicted molar refractivity (Wildman–Crippen MR) is 156 cm³/mol. The van der Waals surface area contributed by atoms with E-state index in [-0.39, 0.29) is 50.6 Å². The Labute approximate surface area is 245 Å². The molecule has 10 nitrogen and oxygen atoms in total. The lowest BCUT2D eigenvalue weighted by Gasteiger charge is -2.41. The van der Waals surface area contributed by atoms with E-state index in [1.54, 1.807) is 13.3 Å². The lowest BCUT2D eigenvalue weighted by Crippen LogP contribution is -2.56. The van der Waals surface area contributed by atoms with Crippen LogP contribution in [0, 0.1) is 23.0 Å². The van der Waals surface area contributed by atoms with Crippen molar-refractivity contribution < 1.29 is 18.3 Å². The van der Waals surface area contributed by atoms with Gasteiger partial charge in [-0.25, -0.2) is 18.7 Å². The molecule has 0 aliphatic carbocycles. The molecule has 1 aromatic carbocycles. The van der Waals surface area contributed by atoms with Crippen LogP contribution in [0.2, 0.25) is 0 Å². The number of hydrogen-bond acceptors (Lipinski definition) is 11. The standard InChI is InChI=1S/C29H30F2N8O2S/c1-37-5-6-38(11-16(37)12-40-2)15-3-4-39(10-15)29-35-8-18-19-13-41-14-20(19)22(24(31)25(18)36-29)26-23-17(7-32)28(33)42-27(23)21(30)9-34-26/h8-9,15-16H,3-6,10-14,33H2,1-2H3/t15-,16-/m1/s1. The number of nitriles is 1. The van der Waals surface area contributed by atoms with E-state index in [1.165, 1.54) is 0 Å². The van der Waals surface area contributed by atoms with Crippen LogP contribution in [0.25, 0.3) is 32.2 Å². The molecule has 2 saturated heterocycles. The van der Waals surface area contributed by atoms with E-state index in [1.807, 2.05) is 6.07 Å². The van der Waals surface area contributed by atoms with Crippen LogP contribution in [0.5, 0.6) is 0 Å². The third kappa shape index (κ3) is 4.28. The molecule has 2 N–H and O–H groups in total. The zero-order valence-corrected chi connectivity index (χ0v) is 24.2. The van der Waals surface area contributed by atoms with Gasteiger partial charge in [0.25, 0.3) is 0 Å². The largest absolute Gasteiger partial charge is 0.389 e. The molecule has 2 fully saturated rings. The van der Waals surface area contributed by atoms with Crippen LogP contribution in [0.3, 0.4) is 0 Å². The number of anilines is 2. The first kappa shape index (κ1) is 27.3. The average Bonchev–Trinajstić information content (AvgIpc) is 3.74. The number of piperazine rings is 1. The van der Waals surface area contributed by atoms with Crippen molar-refractivity contribution in [2.24, 2.45) is 0 Å². The summed E-state index contributed by atoms with van der Waals surface area (Å²) in [5.74, 6) is -0.738. The highest BCUT2D eigenvalue weighted by Crippen LogP contribution is 2.45. The first-order valence-electron chi connectivity index (χ1n) is 13.9. The lowest BCUT2D eigenvalue weighted by atomic mass is 9.94. The number of methoxy groups -OCH3 is 1. The second kappa shape index (κ2) is 10.6. The molecular weight excluding hydrogens is 562 g/mol. The highest BCUT2D eigenvalue weighted by atomic mass is 32.1. The van der Waals surface area contributed by atoms with E-state index in [0.29, 0.717) is 35.6 Å². The Bertz CT molecular complexity index is 1760. The average molecular weight is 593 g/mol. The number of hydrogen-bond donors (Lipinski definition) is 1. The number of pyridine rings is 1. The fourth-order valence-corrected chi connectivity index (χ4v) is 7.51. The fourth-order valence-electron chi connectivity index (χ4n) is 6.59. The summed E-state index contributed by atoms with van der Waals surface area (Å²) in [7, 11) is 3.87. The van der Waals surface area contributed by atoms with Gasteiger partial charge in [-0.2, -0.15) is 5.26 Å². The third-order valence-electron chi connectivity index (χ3n) is 8.86. The van der Waals surface area contributed by atoms with Crippen LogP contribution in [0.1, 0.15) is 23.1 Å². The Morgan fingerprint density at radius 1 is 1.17 bits per heavy atom. The van der Waals surface area contributed by atoms with Crippen molar-refractivity contribution in [2.45, 2.75) is 31.7 Å². The molecule has 3 aromatic heterocycles. The smallest absolute Gasteiger partial charge is 0.226 e. The first-order valence-corrected chi connectivity index (χ1v) is 14.7. The summed E-state index contributed by atoms with van der Waals surface area (Å²) in [5.41, 5.74) is 8.01. The number of likely N-dealkylation sites (N-methyl/N-ethyl adjacent to an activating group) is 1. The van der Waals surface area contributed by atoms with Gasteiger partial charge < -0.3 is 20.1 Å². The summed E-state index contributed by atoms with van der Waals surface area (Å²) in [6.07, 6.45) is 3.68. The van der Waals surface area contributed by atoms with Crippen LogP contribution in [-0.2, 0) is 22.7 Å². The van der Waals surface area contributed by atoms with Gasteiger partial charge in [0.05, 0.1) is 42.0 Å².